The van der Waals surface area contributed by atoms with Gasteiger partial charge in [0.1, 0.15) is 0 Å². The molecule has 3 rings (SSSR count). The van der Waals surface area contributed by atoms with E-state index in [1.165, 1.54) is 7.11 Å². The number of nitrogens with one attached hydrogen (secondary N) is 2. The van der Waals surface area contributed by atoms with E-state index in [-0.39, 0.29) is 0 Å². The molecule has 7 heteroatoms. The van der Waals surface area contributed by atoms with E-state index < -0.39 is 18.0 Å². The predicted molar refractivity (Wildman–Crippen MR) is 88.3 cm³/mol. The van der Waals surface area contributed by atoms with Gasteiger partial charge in [-0.2, -0.15) is 5.26 Å². The van der Waals surface area contributed by atoms with Crippen LogP contribution in [0.2, 0.25) is 0 Å². The van der Waals surface area contributed by atoms with Crippen molar-refractivity contribution in [3.63, 3.8) is 0 Å². The summed E-state index contributed by atoms with van der Waals surface area (Å²) in [6, 6.07) is 11.1. The number of carbonyl (C=O) groups is 2. The largest absolute Gasteiger partial charge is 0.494 e. The number of imide groups is 1. The first-order valence-electron chi connectivity index (χ1n) is 7.29. The molecule has 2 aromatic rings. The first-order chi connectivity index (χ1) is 12.1. The number of rotatable bonds is 2. The van der Waals surface area contributed by atoms with Crippen LogP contribution in [0.4, 0.5) is 4.79 Å². The molecule has 122 valence electrons. The molecule has 2 heterocycles. The van der Waals surface area contributed by atoms with Gasteiger partial charge in [-0.15, -0.1) is 0 Å². The van der Waals surface area contributed by atoms with E-state index in [4.69, 9.17) is 10.00 Å². The van der Waals surface area contributed by atoms with Gasteiger partial charge in [0.2, 0.25) is 0 Å². The SMILES string of the molecule is COc1ccc(-c2cccc(C#N)c2)nc1C#CC1NC(=O)NC1=O. The predicted octanol–water partition coefficient (Wildman–Crippen LogP) is 1.19. The molecule has 1 saturated heterocycles. The first-order valence-corrected chi connectivity index (χ1v) is 7.29. The molecular weight excluding hydrogens is 320 g/mol. The molecule has 2 N–H and O–H groups in total. The summed E-state index contributed by atoms with van der Waals surface area (Å²) in [5, 5.41) is 13.5. The van der Waals surface area contributed by atoms with Crippen molar-refractivity contribution >= 4 is 11.9 Å². The zero-order valence-corrected chi connectivity index (χ0v) is 13.2. The summed E-state index contributed by atoms with van der Waals surface area (Å²) in [7, 11) is 1.49. The fraction of sp³-hybridized carbons (Fsp3) is 0.111. The highest BCUT2D eigenvalue weighted by atomic mass is 16.5. The topological polar surface area (TPSA) is 104 Å². The van der Waals surface area contributed by atoms with Gasteiger partial charge in [-0.05, 0) is 30.2 Å². The Morgan fingerprint density at radius 3 is 2.76 bits per heavy atom. The number of benzene rings is 1. The van der Waals surface area contributed by atoms with Gasteiger partial charge in [0.15, 0.2) is 17.5 Å². The van der Waals surface area contributed by atoms with E-state index in [0.29, 0.717) is 22.7 Å². The molecule has 1 aromatic carbocycles. The van der Waals surface area contributed by atoms with Gasteiger partial charge in [0, 0.05) is 5.56 Å². The molecule has 0 aliphatic carbocycles. The number of urea groups is 1. The summed E-state index contributed by atoms with van der Waals surface area (Å²) in [5.74, 6) is 5.37. The molecular formula is C18H12N4O3. The Hall–Kier alpha value is -3.84. The molecule has 0 bridgehead atoms. The highest BCUT2D eigenvalue weighted by molar-refractivity contribution is 6.05. The van der Waals surface area contributed by atoms with E-state index in [1.54, 1.807) is 30.3 Å². The smallest absolute Gasteiger partial charge is 0.322 e. The van der Waals surface area contributed by atoms with E-state index in [2.05, 4.69) is 33.5 Å². The van der Waals surface area contributed by atoms with Crippen LogP contribution >= 0.6 is 0 Å². The number of aromatic nitrogens is 1. The van der Waals surface area contributed by atoms with Crippen LogP contribution < -0.4 is 15.4 Å². The fourth-order valence-corrected chi connectivity index (χ4v) is 2.27. The van der Waals surface area contributed by atoms with E-state index in [9.17, 15) is 9.59 Å². The van der Waals surface area contributed by atoms with Gasteiger partial charge in [-0.3, -0.25) is 10.1 Å². The monoisotopic (exact) mass is 332 g/mol. The maximum atomic E-state index is 11.5. The van der Waals surface area contributed by atoms with Crippen LogP contribution in [0.15, 0.2) is 36.4 Å². The Labute approximate surface area is 143 Å². The minimum atomic E-state index is -0.926. The quantitative estimate of drug-likeness (QED) is 0.635. The average molecular weight is 332 g/mol. The van der Waals surface area contributed by atoms with Gasteiger partial charge in [-0.1, -0.05) is 18.1 Å². The zero-order chi connectivity index (χ0) is 17.8. The number of ether oxygens (including phenoxy) is 1. The molecule has 0 spiro atoms. The van der Waals surface area contributed by atoms with Crippen molar-refractivity contribution in [1.29, 1.82) is 5.26 Å². The molecule has 3 amide bonds. The van der Waals surface area contributed by atoms with Crippen molar-refractivity contribution < 1.29 is 14.3 Å². The molecule has 1 aliphatic rings. The second kappa shape index (κ2) is 6.73. The summed E-state index contributed by atoms with van der Waals surface area (Å²) < 4.78 is 5.24. The van der Waals surface area contributed by atoms with Crippen LogP contribution in [0.1, 0.15) is 11.3 Å². The molecule has 1 aliphatic heterocycles. The van der Waals surface area contributed by atoms with E-state index in [0.717, 1.165) is 5.56 Å². The molecule has 1 unspecified atom stereocenters. The number of pyridine rings is 1. The first kappa shape index (κ1) is 16.0. The van der Waals surface area contributed by atoms with Crippen LogP contribution in [-0.2, 0) is 4.79 Å². The van der Waals surface area contributed by atoms with Gasteiger partial charge in [0.05, 0.1) is 24.4 Å². The van der Waals surface area contributed by atoms with Crippen LogP contribution in [0.5, 0.6) is 5.75 Å². The Morgan fingerprint density at radius 1 is 1.24 bits per heavy atom. The molecule has 7 nitrogen and oxygen atoms in total. The van der Waals surface area contributed by atoms with Crippen molar-refractivity contribution in [2.75, 3.05) is 7.11 Å². The third-order valence-electron chi connectivity index (χ3n) is 3.47. The van der Waals surface area contributed by atoms with Crippen LogP contribution in [0.3, 0.4) is 0 Å². The number of carbonyl (C=O) groups excluding carboxylic acids is 2. The Bertz CT molecular complexity index is 966. The van der Waals surface area contributed by atoms with E-state index in [1.807, 2.05) is 6.07 Å². The third-order valence-corrected chi connectivity index (χ3v) is 3.47. The Morgan fingerprint density at radius 2 is 2.08 bits per heavy atom. The minimum Gasteiger partial charge on any atom is -0.494 e. The van der Waals surface area contributed by atoms with Crippen molar-refractivity contribution in [2.24, 2.45) is 0 Å². The number of nitrogens with zero attached hydrogens (tertiary/aromatic N) is 2. The number of hydrogen-bond acceptors (Lipinski definition) is 5. The number of methoxy groups -OCH3 is 1. The van der Waals surface area contributed by atoms with Gasteiger partial charge in [-0.25, -0.2) is 9.78 Å². The van der Waals surface area contributed by atoms with Crippen molar-refractivity contribution in [3.8, 4) is 34.9 Å². The second-order valence-corrected chi connectivity index (χ2v) is 5.11. The summed E-state index contributed by atoms with van der Waals surface area (Å²) in [6.07, 6.45) is 0. The van der Waals surface area contributed by atoms with Crippen LogP contribution in [-0.4, -0.2) is 30.1 Å². The lowest BCUT2D eigenvalue weighted by atomic mass is 10.1. The van der Waals surface area contributed by atoms with Crippen LogP contribution in [0, 0.1) is 23.2 Å². The highest BCUT2D eigenvalue weighted by Gasteiger charge is 2.27. The molecule has 0 saturated carbocycles. The summed E-state index contributed by atoms with van der Waals surface area (Å²) >= 11 is 0. The fourth-order valence-electron chi connectivity index (χ4n) is 2.27. The van der Waals surface area contributed by atoms with Crippen molar-refractivity contribution in [1.82, 2.24) is 15.6 Å². The van der Waals surface area contributed by atoms with Crippen molar-refractivity contribution in [2.45, 2.75) is 6.04 Å². The summed E-state index contributed by atoms with van der Waals surface area (Å²) in [5.41, 5.74) is 2.23. The molecule has 25 heavy (non-hydrogen) atoms. The lowest BCUT2D eigenvalue weighted by molar-refractivity contribution is -0.119. The molecule has 1 fully saturated rings. The lowest BCUT2D eigenvalue weighted by Crippen LogP contribution is -2.26. The normalized spacial score (nSPS) is 15.4. The van der Waals surface area contributed by atoms with Crippen LogP contribution in [0.25, 0.3) is 11.3 Å². The summed E-state index contributed by atoms with van der Waals surface area (Å²) in [6.45, 7) is 0. The highest BCUT2D eigenvalue weighted by Crippen LogP contribution is 2.23. The third kappa shape index (κ3) is 3.41. The minimum absolute atomic E-state index is 0.330. The number of amides is 3. The molecule has 1 atom stereocenters. The Balaban J connectivity index is 1.98. The Kier molecular flexibility index (Phi) is 4.32. The summed E-state index contributed by atoms with van der Waals surface area (Å²) in [4.78, 5) is 27.1. The maximum Gasteiger partial charge on any atom is 0.322 e. The second-order valence-electron chi connectivity index (χ2n) is 5.11. The van der Waals surface area contributed by atoms with Gasteiger partial charge in [0.25, 0.3) is 5.91 Å². The standard InChI is InChI=1S/C18H12N4O3/c1-25-16-8-7-13(12-4-2-3-11(9-12)10-19)20-14(16)5-6-15-17(23)22-18(24)21-15/h2-4,7-9,15H,1H3,(H2,21,22,23,24). The average Bonchev–Trinajstić information content (AvgIpc) is 2.97. The number of nitriles is 1. The van der Waals surface area contributed by atoms with Crippen molar-refractivity contribution in [3.05, 3.63) is 47.7 Å². The van der Waals surface area contributed by atoms with E-state index >= 15 is 0 Å². The van der Waals surface area contributed by atoms with Gasteiger partial charge < -0.3 is 10.1 Å². The van der Waals surface area contributed by atoms with Gasteiger partial charge >= 0.3 is 6.03 Å². The molecule has 1 aromatic heterocycles. The molecule has 0 radical (unpaired) electrons. The number of hydrogen-bond donors (Lipinski definition) is 2. The zero-order valence-electron chi connectivity index (χ0n) is 13.2. The lowest BCUT2D eigenvalue weighted by Gasteiger charge is -2.06. The maximum absolute atomic E-state index is 11.5.